The number of rotatable bonds is 5. The van der Waals surface area contributed by atoms with E-state index in [0.29, 0.717) is 40.2 Å². The molecule has 0 radical (unpaired) electrons. The van der Waals surface area contributed by atoms with Gasteiger partial charge in [0.05, 0.1) is 5.69 Å². The molecule has 1 N–H and O–H groups in total. The fourth-order valence-corrected chi connectivity index (χ4v) is 3.73. The van der Waals surface area contributed by atoms with Crippen molar-refractivity contribution in [1.29, 1.82) is 0 Å². The molecule has 6 nitrogen and oxygen atoms in total. The van der Waals surface area contributed by atoms with Crippen molar-refractivity contribution >= 4 is 22.8 Å². The number of pyridine rings is 1. The van der Waals surface area contributed by atoms with Crippen LogP contribution in [0.15, 0.2) is 108 Å². The molecule has 0 saturated carbocycles. The Balaban J connectivity index is 1.58. The molecular formula is C27H20N4O2. The van der Waals surface area contributed by atoms with E-state index >= 15 is 0 Å². The van der Waals surface area contributed by atoms with Crippen molar-refractivity contribution in [3.8, 4) is 5.69 Å². The van der Waals surface area contributed by atoms with Crippen LogP contribution >= 0.6 is 0 Å². The number of nitrogens with one attached hydrogen (secondary N) is 1. The molecule has 3 aromatic carbocycles. The zero-order valence-corrected chi connectivity index (χ0v) is 17.7. The van der Waals surface area contributed by atoms with E-state index in [2.05, 4.69) is 15.3 Å². The fraction of sp³-hybridized carbons (Fsp3) is 0.0370. The van der Waals surface area contributed by atoms with Gasteiger partial charge in [-0.15, -0.1) is 0 Å². The second-order valence-corrected chi connectivity index (χ2v) is 7.58. The molecular weight excluding hydrogens is 412 g/mol. The van der Waals surface area contributed by atoms with E-state index < -0.39 is 0 Å². The minimum Gasteiger partial charge on any atom is -0.322 e. The Kier molecular flexibility index (Phi) is 5.47. The van der Waals surface area contributed by atoms with Crippen LogP contribution in [0, 0.1) is 0 Å². The first-order chi connectivity index (χ1) is 16.2. The lowest BCUT2D eigenvalue weighted by molar-refractivity contribution is 0.102. The minimum atomic E-state index is -0.239. The van der Waals surface area contributed by atoms with Crippen molar-refractivity contribution in [2.75, 3.05) is 5.32 Å². The van der Waals surface area contributed by atoms with E-state index in [9.17, 15) is 9.59 Å². The molecule has 0 spiro atoms. The van der Waals surface area contributed by atoms with E-state index in [1.54, 1.807) is 47.2 Å². The van der Waals surface area contributed by atoms with Crippen LogP contribution in [0.2, 0.25) is 0 Å². The van der Waals surface area contributed by atoms with Crippen molar-refractivity contribution in [2.24, 2.45) is 0 Å². The monoisotopic (exact) mass is 432 g/mol. The normalized spacial score (nSPS) is 10.8. The predicted molar refractivity (Wildman–Crippen MR) is 129 cm³/mol. The van der Waals surface area contributed by atoms with Gasteiger partial charge < -0.3 is 5.32 Å². The zero-order chi connectivity index (χ0) is 22.6. The zero-order valence-electron chi connectivity index (χ0n) is 17.7. The quantitative estimate of drug-likeness (QED) is 0.440. The smallest absolute Gasteiger partial charge is 0.278 e. The van der Waals surface area contributed by atoms with Gasteiger partial charge in [0, 0.05) is 23.9 Å². The SMILES string of the molecule is O=C(Nc1cccc(-n2c(=O)c(Cc3ccccc3)nc3cccnc32)c1)c1ccccc1. The lowest BCUT2D eigenvalue weighted by atomic mass is 10.1. The van der Waals surface area contributed by atoms with Crippen LogP contribution in [0.4, 0.5) is 5.69 Å². The Labute approximate surface area is 190 Å². The summed E-state index contributed by atoms with van der Waals surface area (Å²) in [7, 11) is 0. The lowest BCUT2D eigenvalue weighted by Crippen LogP contribution is -2.25. The minimum absolute atomic E-state index is 0.220. The fourth-order valence-electron chi connectivity index (χ4n) is 3.73. The summed E-state index contributed by atoms with van der Waals surface area (Å²) in [6.45, 7) is 0. The van der Waals surface area contributed by atoms with Crippen LogP contribution < -0.4 is 10.9 Å². The maximum Gasteiger partial charge on any atom is 0.278 e. The van der Waals surface area contributed by atoms with Crippen molar-refractivity contribution in [3.63, 3.8) is 0 Å². The summed E-state index contributed by atoms with van der Waals surface area (Å²) >= 11 is 0. The van der Waals surface area contributed by atoms with Gasteiger partial charge in [0.15, 0.2) is 5.65 Å². The first-order valence-corrected chi connectivity index (χ1v) is 10.6. The van der Waals surface area contributed by atoms with Gasteiger partial charge in [-0.3, -0.25) is 14.2 Å². The molecule has 5 aromatic rings. The summed E-state index contributed by atoms with van der Waals surface area (Å²) in [4.78, 5) is 35.1. The van der Waals surface area contributed by atoms with Crippen molar-refractivity contribution in [3.05, 3.63) is 130 Å². The van der Waals surface area contributed by atoms with Crippen LogP contribution in [0.1, 0.15) is 21.6 Å². The van der Waals surface area contributed by atoms with E-state index in [-0.39, 0.29) is 11.5 Å². The molecule has 0 saturated heterocycles. The van der Waals surface area contributed by atoms with Gasteiger partial charge in [0.25, 0.3) is 11.5 Å². The standard InChI is InChI=1S/C27H20N4O2/c32-26(20-11-5-2-6-12-20)29-21-13-7-14-22(18-21)31-25-23(15-8-16-28-25)30-24(27(31)33)17-19-9-3-1-4-10-19/h1-16,18H,17H2,(H,29,32). The number of nitrogens with zero attached hydrogens (tertiary/aromatic N) is 3. The number of benzene rings is 3. The third-order valence-corrected chi connectivity index (χ3v) is 5.30. The molecule has 0 fully saturated rings. The van der Waals surface area contributed by atoms with Crippen LogP contribution in [0.3, 0.4) is 0 Å². The highest BCUT2D eigenvalue weighted by Gasteiger charge is 2.15. The van der Waals surface area contributed by atoms with Crippen molar-refractivity contribution in [1.82, 2.24) is 14.5 Å². The van der Waals surface area contributed by atoms with Crippen LogP contribution in [0.5, 0.6) is 0 Å². The number of fused-ring (bicyclic) bond motifs is 1. The third kappa shape index (κ3) is 4.27. The molecule has 160 valence electrons. The molecule has 6 heteroatoms. The second kappa shape index (κ2) is 8.88. The van der Waals surface area contributed by atoms with Gasteiger partial charge >= 0.3 is 0 Å². The summed E-state index contributed by atoms with van der Waals surface area (Å²) in [6.07, 6.45) is 2.05. The highest BCUT2D eigenvalue weighted by Crippen LogP contribution is 2.19. The number of anilines is 1. The van der Waals surface area contributed by atoms with Gasteiger partial charge in [-0.1, -0.05) is 54.6 Å². The Morgan fingerprint density at radius 3 is 2.39 bits per heavy atom. The second-order valence-electron chi connectivity index (χ2n) is 7.58. The lowest BCUT2D eigenvalue weighted by Gasteiger charge is -2.13. The molecule has 0 aliphatic carbocycles. The number of carbonyl (C=O) groups is 1. The van der Waals surface area contributed by atoms with Gasteiger partial charge in [-0.2, -0.15) is 0 Å². The highest BCUT2D eigenvalue weighted by atomic mass is 16.1. The van der Waals surface area contributed by atoms with Crippen LogP contribution in [-0.2, 0) is 6.42 Å². The summed E-state index contributed by atoms with van der Waals surface area (Å²) in [6, 6.07) is 29.6. The molecule has 0 bridgehead atoms. The molecule has 33 heavy (non-hydrogen) atoms. The maximum atomic E-state index is 13.5. The average Bonchev–Trinajstić information content (AvgIpc) is 2.86. The summed E-state index contributed by atoms with van der Waals surface area (Å²) < 4.78 is 1.55. The van der Waals surface area contributed by atoms with Crippen LogP contribution in [-0.4, -0.2) is 20.4 Å². The molecule has 2 aromatic heterocycles. The van der Waals surface area contributed by atoms with E-state index in [0.717, 1.165) is 5.56 Å². The van der Waals surface area contributed by atoms with E-state index in [4.69, 9.17) is 0 Å². The summed E-state index contributed by atoms with van der Waals surface area (Å²) in [5.41, 5.74) is 4.02. The number of hydrogen-bond acceptors (Lipinski definition) is 4. The van der Waals surface area contributed by atoms with E-state index in [1.807, 2.05) is 60.7 Å². The molecule has 0 atom stereocenters. The molecule has 5 rings (SSSR count). The van der Waals surface area contributed by atoms with Gasteiger partial charge in [0.1, 0.15) is 11.2 Å². The van der Waals surface area contributed by atoms with Gasteiger partial charge in [-0.05, 0) is 48.0 Å². The number of aromatic nitrogens is 3. The van der Waals surface area contributed by atoms with Crippen LogP contribution in [0.25, 0.3) is 16.9 Å². The molecule has 2 heterocycles. The number of hydrogen-bond donors (Lipinski definition) is 1. The molecule has 0 aliphatic rings. The first kappa shape index (κ1) is 20.3. The van der Waals surface area contributed by atoms with E-state index in [1.165, 1.54) is 0 Å². The Bertz CT molecular complexity index is 1500. The highest BCUT2D eigenvalue weighted by molar-refractivity contribution is 6.04. The van der Waals surface area contributed by atoms with Gasteiger partial charge in [-0.25, -0.2) is 9.97 Å². The summed E-state index contributed by atoms with van der Waals surface area (Å²) in [5.74, 6) is -0.220. The maximum absolute atomic E-state index is 13.5. The Morgan fingerprint density at radius 2 is 1.61 bits per heavy atom. The molecule has 0 aliphatic heterocycles. The van der Waals surface area contributed by atoms with Crippen molar-refractivity contribution in [2.45, 2.75) is 6.42 Å². The predicted octanol–water partition coefficient (Wildman–Crippen LogP) is 4.62. The van der Waals surface area contributed by atoms with Crippen molar-refractivity contribution < 1.29 is 4.79 Å². The summed E-state index contributed by atoms with van der Waals surface area (Å²) in [5, 5.41) is 2.90. The third-order valence-electron chi connectivity index (χ3n) is 5.30. The number of carbonyl (C=O) groups excluding carboxylic acids is 1. The topological polar surface area (TPSA) is 76.9 Å². The molecule has 0 unspecified atom stereocenters. The average molecular weight is 432 g/mol. The van der Waals surface area contributed by atoms with Gasteiger partial charge in [0.2, 0.25) is 0 Å². The Morgan fingerprint density at radius 1 is 0.848 bits per heavy atom. The first-order valence-electron chi connectivity index (χ1n) is 10.6. The largest absolute Gasteiger partial charge is 0.322 e. The Hall–Kier alpha value is -4.58. The number of amides is 1. The molecule has 1 amide bonds.